The first-order valence-corrected chi connectivity index (χ1v) is 6.05. The highest BCUT2D eigenvalue weighted by molar-refractivity contribution is 6.21. The second-order valence-electron chi connectivity index (χ2n) is 4.41. The Kier molecular flexibility index (Phi) is 2.70. The SMILES string of the molecule is O=C1OCCN1CCN1C(=O)c2ccccc2C1=O. The molecule has 0 aromatic heterocycles. The van der Waals surface area contributed by atoms with Crippen LogP contribution in [0, 0.1) is 0 Å². The second-order valence-corrected chi connectivity index (χ2v) is 4.41. The van der Waals surface area contributed by atoms with E-state index in [4.69, 9.17) is 4.74 Å². The van der Waals surface area contributed by atoms with E-state index in [1.165, 1.54) is 9.80 Å². The number of amides is 3. The van der Waals surface area contributed by atoms with Crippen molar-refractivity contribution in [2.75, 3.05) is 26.2 Å². The summed E-state index contributed by atoms with van der Waals surface area (Å²) >= 11 is 0. The molecule has 0 N–H and O–H groups in total. The Morgan fingerprint density at radius 3 is 2.16 bits per heavy atom. The number of carbonyl (C=O) groups is 3. The molecule has 0 radical (unpaired) electrons. The molecule has 0 aliphatic carbocycles. The van der Waals surface area contributed by atoms with Crippen LogP contribution in [0.4, 0.5) is 4.79 Å². The molecular formula is C13H12N2O4. The van der Waals surface area contributed by atoms with Crippen molar-refractivity contribution in [3.8, 4) is 0 Å². The summed E-state index contributed by atoms with van der Waals surface area (Å²) in [6, 6.07) is 6.73. The summed E-state index contributed by atoms with van der Waals surface area (Å²) in [5.41, 5.74) is 0.855. The molecule has 2 aliphatic heterocycles. The number of rotatable bonds is 3. The lowest BCUT2D eigenvalue weighted by Crippen LogP contribution is -2.38. The first-order chi connectivity index (χ1) is 9.18. The van der Waals surface area contributed by atoms with Crippen LogP contribution >= 0.6 is 0 Å². The minimum absolute atomic E-state index is 0.196. The van der Waals surface area contributed by atoms with Crippen LogP contribution in [0.25, 0.3) is 0 Å². The van der Waals surface area contributed by atoms with E-state index in [-0.39, 0.29) is 18.4 Å². The zero-order valence-corrected chi connectivity index (χ0v) is 10.2. The molecule has 3 amide bonds. The highest BCUT2D eigenvalue weighted by atomic mass is 16.6. The van der Waals surface area contributed by atoms with Crippen LogP contribution in [0.2, 0.25) is 0 Å². The van der Waals surface area contributed by atoms with E-state index in [9.17, 15) is 14.4 Å². The maximum absolute atomic E-state index is 12.1. The number of imide groups is 1. The fourth-order valence-electron chi connectivity index (χ4n) is 2.29. The Morgan fingerprint density at radius 2 is 1.63 bits per heavy atom. The van der Waals surface area contributed by atoms with Gasteiger partial charge in [-0.25, -0.2) is 4.79 Å². The lowest BCUT2D eigenvalue weighted by atomic mass is 10.1. The zero-order chi connectivity index (χ0) is 13.4. The third-order valence-corrected chi connectivity index (χ3v) is 3.32. The molecule has 0 saturated carbocycles. The van der Waals surface area contributed by atoms with Crippen LogP contribution < -0.4 is 0 Å². The summed E-state index contributed by atoms with van der Waals surface area (Å²) in [5.74, 6) is -0.596. The third kappa shape index (κ3) is 1.85. The van der Waals surface area contributed by atoms with E-state index in [0.29, 0.717) is 30.8 Å². The fraction of sp³-hybridized carbons (Fsp3) is 0.308. The van der Waals surface area contributed by atoms with E-state index in [2.05, 4.69) is 0 Å². The van der Waals surface area contributed by atoms with Crippen LogP contribution in [0.3, 0.4) is 0 Å². The molecule has 2 heterocycles. The number of fused-ring (bicyclic) bond motifs is 1. The van der Waals surface area contributed by atoms with Gasteiger partial charge in [-0.2, -0.15) is 0 Å². The summed E-state index contributed by atoms with van der Waals surface area (Å²) < 4.78 is 4.79. The largest absolute Gasteiger partial charge is 0.448 e. The standard InChI is InChI=1S/C13H12N2O4/c16-11-9-3-1-2-4-10(9)12(17)15(11)6-5-14-7-8-19-13(14)18/h1-4H,5-8H2. The summed E-state index contributed by atoms with van der Waals surface area (Å²) in [4.78, 5) is 38.1. The van der Waals surface area contributed by atoms with Gasteiger partial charge >= 0.3 is 6.09 Å². The average Bonchev–Trinajstić information content (AvgIpc) is 2.93. The molecule has 3 rings (SSSR count). The monoisotopic (exact) mass is 260 g/mol. The number of nitrogens with zero attached hydrogens (tertiary/aromatic N) is 2. The number of cyclic esters (lactones) is 1. The third-order valence-electron chi connectivity index (χ3n) is 3.32. The molecule has 0 unspecified atom stereocenters. The topological polar surface area (TPSA) is 66.9 Å². The van der Waals surface area contributed by atoms with E-state index in [0.717, 1.165) is 0 Å². The van der Waals surface area contributed by atoms with Gasteiger partial charge in [-0.05, 0) is 12.1 Å². The van der Waals surface area contributed by atoms with Gasteiger partial charge in [0.1, 0.15) is 6.61 Å². The van der Waals surface area contributed by atoms with Crippen molar-refractivity contribution in [3.05, 3.63) is 35.4 Å². The molecule has 1 fully saturated rings. The van der Waals surface area contributed by atoms with Gasteiger partial charge in [0.15, 0.2) is 0 Å². The van der Waals surface area contributed by atoms with Gasteiger partial charge in [0.05, 0.1) is 17.7 Å². The number of hydrogen-bond acceptors (Lipinski definition) is 4. The zero-order valence-electron chi connectivity index (χ0n) is 10.2. The van der Waals surface area contributed by atoms with Crippen molar-refractivity contribution in [1.29, 1.82) is 0 Å². The van der Waals surface area contributed by atoms with Crippen molar-refractivity contribution in [2.45, 2.75) is 0 Å². The first kappa shape index (κ1) is 11.7. The minimum atomic E-state index is -0.392. The molecule has 19 heavy (non-hydrogen) atoms. The van der Waals surface area contributed by atoms with Gasteiger partial charge in [-0.1, -0.05) is 12.1 Å². The fourth-order valence-corrected chi connectivity index (χ4v) is 2.29. The Balaban J connectivity index is 1.72. The maximum atomic E-state index is 12.1. The Hall–Kier alpha value is -2.37. The van der Waals surface area contributed by atoms with Crippen LogP contribution in [-0.4, -0.2) is 53.9 Å². The van der Waals surface area contributed by atoms with E-state index in [1.54, 1.807) is 24.3 Å². The Bertz CT molecular complexity index is 535. The van der Waals surface area contributed by atoms with Gasteiger partial charge in [-0.3, -0.25) is 14.5 Å². The van der Waals surface area contributed by atoms with E-state index < -0.39 is 6.09 Å². The van der Waals surface area contributed by atoms with Crippen molar-refractivity contribution < 1.29 is 19.1 Å². The maximum Gasteiger partial charge on any atom is 0.410 e. The van der Waals surface area contributed by atoms with Crippen molar-refractivity contribution in [3.63, 3.8) is 0 Å². The van der Waals surface area contributed by atoms with Crippen LogP contribution in [0.15, 0.2) is 24.3 Å². The van der Waals surface area contributed by atoms with Crippen LogP contribution in [-0.2, 0) is 4.74 Å². The van der Waals surface area contributed by atoms with Crippen LogP contribution in [0.5, 0.6) is 0 Å². The highest BCUT2D eigenvalue weighted by Crippen LogP contribution is 2.22. The van der Waals surface area contributed by atoms with Crippen molar-refractivity contribution in [2.24, 2.45) is 0 Å². The minimum Gasteiger partial charge on any atom is -0.448 e. The number of ether oxygens (including phenoxy) is 1. The van der Waals surface area contributed by atoms with Gasteiger partial charge < -0.3 is 9.64 Å². The van der Waals surface area contributed by atoms with Gasteiger partial charge in [0.2, 0.25) is 0 Å². The Labute approximate surface area is 109 Å². The van der Waals surface area contributed by atoms with Crippen LogP contribution in [0.1, 0.15) is 20.7 Å². The van der Waals surface area contributed by atoms with Gasteiger partial charge in [-0.15, -0.1) is 0 Å². The summed E-state index contributed by atoms with van der Waals surface area (Å²) in [7, 11) is 0. The molecule has 6 nitrogen and oxygen atoms in total. The molecule has 2 aliphatic rings. The smallest absolute Gasteiger partial charge is 0.410 e. The van der Waals surface area contributed by atoms with Gasteiger partial charge in [0.25, 0.3) is 11.8 Å². The highest BCUT2D eigenvalue weighted by Gasteiger charge is 2.35. The quantitative estimate of drug-likeness (QED) is 0.752. The number of benzene rings is 1. The lowest BCUT2D eigenvalue weighted by molar-refractivity contribution is 0.0641. The van der Waals surface area contributed by atoms with Crippen molar-refractivity contribution in [1.82, 2.24) is 9.80 Å². The molecule has 0 bridgehead atoms. The summed E-state index contributed by atoms with van der Waals surface area (Å²) in [6.07, 6.45) is -0.392. The summed E-state index contributed by atoms with van der Waals surface area (Å²) in [5, 5.41) is 0. The first-order valence-electron chi connectivity index (χ1n) is 6.05. The predicted octanol–water partition coefficient (Wildman–Crippen LogP) is 0.735. The number of hydrogen-bond donors (Lipinski definition) is 0. The molecule has 98 valence electrons. The molecule has 1 saturated heterocycles. The van der Waals surface area contributed by atoms with E-state index in [1.807, 2.05) is 0 Å². The Morgan fingerprint density at radius 1 is 1.00 bits per heavy atom. The van der Waals surface area contributed by atoms with E-state index >= 15 is 0 Å². The molecule has 1 aromatic rings. The second kappa shape index (κ2) is 4.38. The summed E-state index contributed by atoms with van der Waals surface area (Å²) in [6.45, 7) is 1.37. The molecule has 1 aromatic carbocycles. The lowest BCUT2D eigenvalue weighted by Gasteiger charge is -2.18. The predicted molar refractivity (Wildman–Crippen MR) is 64.7 cm³/mol. The molecule has 0 spiro atoms. The molecule has 6 heteroatoms. The van der Waals surface area contributed by atoms with Gasteiger partial charge in [0, 0.05) is 13.1 Å². The number of carbonyl (C=O) groups excluding carboxylic acids is 3. The molecule has 0 atom stereocenters. The molecular weight excluding hydrogens is 248 g/mol. The average molecular weight is 260 g/mol. The normalized spacial score (nSPS) is 18.0. The van der Waals surface area contributed by atoms with Crippen molar-refractivity contribution >= 4 is 17.9 Å².